The number of hydrogen-bond acceptors (Lipinski definition) is 7. The van der Waals surface area contributed by atoms with Crippen molar-refractivity contribution in [3.63, 3.8) is 0 Å². The van der Waals surface area contributed by atoms with E-state index in [9.17, 15) is 24.4 Å². The van der Waals surface area contributed by atoms with E-state index in [1.165, 1.54) is 7.11 Å². The molecule has 0 aliphatic heterocycles. The van der Waals surface area contributed by atoms with E-state index < -0.39 is 54.7 Å². The average Bonchev–Trinajstić information content (AvgIpc) is 2.80. The smallest absolute Gasteiger partial charge is 0.408 e. The van der Waals surface area contributed by atoms with Crippen LogP contribution >= 0.6 is 0 Å². The van der Waals surface area contributed by atoms with Crippen molar-refractivity contribution in [3.05, 3.63) is 35.4 Å². The largest absolute Gasteiger partial charge is 0.468 e. The second-order valence-corrected chi connectivity index (χ2v) is 9.74. The zero-order chi connectivity index (χ0) is 27.5. The van der Waals surface area contributed by atoms with Crippen LogP contribution in [0.25, 0.3) is 0 Å². The second-order valence-electron chi connectivity index (χ2n) is 9.74. The number of nitrogens with one attached hydrogen (secondary N) is 2. The molecule has 198 valence electrons. The zero-order valence-corrected chi connectivity index (χ0v) is 22.2. The van der Waals surface area contributed by atoms with Gasteiger partial charge in [0.15, 0.2) is 0 Å². The number of aryl methyl sites for hydroxylation is 1. The van der Waals surface area contributed by atoms with E-state index in [1.54, 1.807) is 32.9 Å². The summed E-state index contributed by atoms with van der Waals surface area (Å²) >= 11 is 0. The summed E-state index contributed by atoms with van der Waals surface area (Å²) in [6.07, 6.45) is 0.249. The van der Waals surface area contributed by atoms with Gasteiger partial charge in [0.05, 0.1) is 13.2 Å². The molecule has 10 nitrogen and oxygen atoms in total. The molecule has 0 saturated heterocycles. The van der Waals surface area contributed by atoms with Gasteiger partial charge in [-0.15, -0.1) is 0 Å². The van der Waals surface area contributed by atoms with Gasteiger partial charge in [-0.25, -0.2) is 4.79 Å². The van der Waals surface area contributed by atoms with Gasteiger partial charge in [0.25, 0.3) is 0 Å². The van der Waals surface area contributed by atoms with Gasteiger partial charge in [0.1, 0.15) is 30.8 Å². The summed E-state index contributed by atoms with van der Waals surface area (Å²) < 4.78 is 9.91. The second kappa shape index (κ2) is 14.1. The Bertz CT molecular complexity index is 947. The number of benzene rings is 1. The molecule has 2 N–H and O–H groups in total. The van der Waals surface area contributed by atoms with Crippen LogP contribution in [0.3, 0.4) is 0 Å². The van der Waals surface area contributed by atoms with Crippen LogP contribution in [-0.2, 0) is 30.3 Å². The fourth-order valence-electron chi connectivity index (χ4n) is 3.45. The SMILES string of the molecule is CCc1ccc(C(C(=O)NCC(=O)OC)N(CC#N)C(=O)C(CC(C)C)NC(=O)OC(C)(C)C)cc1. The molecule has 0 radical (unpaired) electrons. The molecule has 36 heavy (non-hydrogen) atoms. The molecule has 2 unspecified atom stereocenters. The standard InChI is InChI=1S/C26H38N4O6/c1-8-18-9-11-19(12-10-18)22(23(32)28-16-21(31)35-7)30(14-13-27)24(33)20(15-17(2)3)29-25(34)36-26(4,5)6/h9-12,17,20,22H,8,14-16H2,1-7H3,(H,28,32)(H,29,34). The lowest BCUT2D eigenvalue weighted by Gasteiger charge is -2.33. The third kappa shape index (κ3) is 9.94. The lowest BCUT2D eigenvalue weighted by Crippen LogP contribution is -2.53. The Morgan fingerprint density at radius 1 is 1.11 bits per heavy atom. The minimum atomic E-state index is -1.22. The molecule has 0 heterocycles. The van der Waals surface area contributed by atoms with Crippen LogP contribution in [0, 0.1) is 17.2 Å². The van der Waals surface area contributed by atoms with Gasteiger partial charge in [-0.2, -0.15) is 5.26 Å². The number of amides is 3. The van der Waals surface area contributed by atoms with E-state index in [-0.39, 0.29) is 12.3 Å². The van der Waals surface area contributed by atoms with E-state index >= 15 is 0 Å². The maximum absolute atomic E-state index is 13.7. The minimum absolute atomic E-state index is 0.00765. The number of esters is 1. The lowest BCUT2D eigenvalue weighted by atomic mass is 9.98. The number of nitriles is 1. The van der Waals surface area contributed by atoms with Gasteiger partial charge in [0.2, 0.25) is 11.8 Å². The van der Waals surface area contributed by atoms with Crippen molar-refractivity contribution in [2.75, 3.05) is 20.2 Å². The van der Waals surface area contributed by atoms with Gasteiger partial charge in [-0.05, 0) is 50.7 Å². The monoisotopic (exact) mass is 502 g/mol. The van der Waals surface area contributed by atoms with Gasteiger partial charge in [0, 0.05) is 0 Å². The van der Waals surface area contributed by atoms with Gasteiger partial charge < -0.3 is 25.0 Å². The molecule has 1 aromatic carbocycles. The highest BCUT2D eigenvalue weighted by molar-refractivity contribution is 5.93. The number of methoxy groups -OCH3 is 1. The van der Waals surface area contributed by atoms with Gasteiger partial charge >= 0.3 is 12.1 Å². The molecule has 0 bridgehead atoms. The molecule has 10 heteroatoms. The van der Waals surface area contributed by atoms with E-state index in [4.69, 9.17) is 4.74 Å². The quantitative estimate of drug-likeness (QED) is 0.350. The number of carbonyl (C=O) groups excluding carboxylic acids is 4. The van der Waals surface area contributed by atoms with Crippen molar-refractivity contribution in [1.29, 1.82) is 5.26 Å². The molecule has 2 atom stereocenters. The lowest BCUT2D eigenvalue weighted by molar-refractivity contribution is -0.144. The average molecular weight is 503 g/mol. The molecule has 0 aromatic heterocycles. The first-order valence-corrected chi connectivity index (χ1v) is 11.9. The predicted molar refractivity (Wildman–Crippen MR) is 134 cm³/mol. The van der Waals surface area contributed by atoms with Crippen molar-refractivity contribution >= 4 is 23.9 Å². The molecule has 1 rings (SSSR count). The highest BCUT2D eigenvalue weighted by atomic mass is 16.6. The Morgan fingerprint density at radius 2 is 1.72 bits per heavy atom. The molecule has 0 aliphatic rings. The minimum Gasteiger partial charge on any atom is -0.468 e. The first-order valence-electron chi connectivity index (χ1n) is 11.9. The van der Waals surface area contributed by atoms with Crippen molar-refractivity contribution in [2.45, 2.75) is 72.1 Å². The Labute approximate surface area is 213 Å². The van der Waals surface area contributed by atoms with E-state index in [1.807, 2.05) is 39.0 Å². The van der Waals surface area contributed by atoms with Crippen LogP contribution in [0.2, 0.25) is 0 Å². The maximum Gasteiger partial charge on any atom is 0.408 e. The number of alkyl carbamates (subject to hydrolysis) is 1. The van der Waals surface area contributed by atoms with E-state index in [0.717, 1.165) is 16.9 Å². The summed E-state index contributed by atoms with van der Waals surface area (Å²) in [6, 6.07) is 6.75. The van der Waals surface area contributed by atoms with E-state index in [0.29, 0.717) is 5.56 Å². The third-order valence-electron chi connectivity index (χ3n) is 5.12. The van der Waals surface area contributed by atoms with Gasteiger partial charge in [-0.3, -0.25) is 14.4 Å². The number of ether oxygens (including phenoxy) is 2. The Hall–Kier alpha value is -3.61. The molecule has 0 spiro atoms. The summed E-state index contributed by atoms with van der Waals surface area (Å²) in [6.45, 7) is 10.0. The predicted octanol–water partition coefficient (Wildman–Crippen LogP) is 2.87. The number of hydrogen-bond donors (Lipinski definition) is 2. The Kier molecular flexibility index (Phi) is 11.9. The van der Waals surface area contributed by atoms with Crippen LogP contribution in [0.15, 0.2) is 24.3 Å². The topological polar surface area (TPSA) is 138 Å². The number of rotatable bonds is 11. The number of carbonyl (C=O) groups is 4. The van der Waals surface area contributed by atoms with Gasteiger partial charge in [-0.1, -0.05) is 45.0 Å². The van der Waals surface area contributed by atoms with Crippen molar-refractivity contribution in [1.82, 2.24) is 15.5 Å². The molecule has 1 aromatic rings. The zero-order valence-electron chi connectivity index (χ0n) is 22.2. The highest BCUT2D eigenvalue weighted by Gasteiger charge is 2.36. The normalized spacial score (nSPS) is 12.6. The fourth-order valence-corrected chi connectivity index (χ4v) is 3.45. The van der Waals surface area contributed by atoms with Crippen LogP contribution in [-0.4, -0.2) is 60.6 Å². The summed E-state index contributed by atoms with van der Waals surface area (Å²) in [5, 5.41) is 14.6. The van der Waals surface area contributed by atoms with Crippen LogP contribution < -0.4 is 10.6 Å². The molecular formula is C26H38N4O6. The van der Waals surface area contributed by atoms with Crippen LogP contribution in [0.1, 0.15) is 65.1 Å². The van der Waals surface area contributed by atoms with Crippen LogP contribution in [0.5, 0.6) is 0 Å². The summed E-state index contributed by atoms with van der Waals surface area (Å²) in [5.74, 6) is -1.93. The molecule has 0 aliphatic carbocycles. The van der Waals surface area contributed by atoms with Crippen molar-refractivity contribution in [3.8, 4) is 6.07 Å². The molecule has 0 saturated carbocycles. The molecule has 0 fully saturated rings. The molecular weight excluding hydrogens is 464 g/mol. The summed E-state index contributed by atoms with van der Waals surface area (Å²) in [5.41, 5.74) is 0.702. The summed E-state index contributed by atoms with van der Waals surface area (Å²) in [7, 11) is 1.19. The molecule has 3 amide bonds. The number of nitrogens with zero attached hydrogens (tertiary/aromatic N) is 2. The first-order chi connectivity index (χ1) is 16.8. The van der Waals surface area contributed by atoms with E-state index in [2.05, 4.69) is 15.4 Å². The fraction of sp³-hybridized carbons (Fsp3) is 0.577. The Morgan fingerprint density at radius 3 is 2.19 bits per heavy atom. The highest BCUT2D eigenvalue weighted by Crippen LogP contribution is 2.24. The first kappa shape index (κ1) is 30.4. The third-order valence-corrected chi connectivity index (χ3v) is 5.12. The Balaban J connectivity index is 3.43. The van der Waals surface area contributed by atoms with Crippen LogP contribution in [0.4, 0.5) is 4.79 Å². The van der Waals surface area contributed by atoms with Crippen molar-refractivity contribution in [2.24, 2.45) is 5.92 Å². The van der Waals surface area contributed by atoms with Crippen molar-refractivity contribution < 1.29 is 28.7 Å². The maximum atomic E-state index is 13.7. The summed E-state index contributed by atoms with van der Waals surface area (Å²) in [4.78, 5) is 52.2.